The molecule has 1 aliphatic carbocycles. The minimum atomic E-state index is -0.272. The Morgan fingerprint density at radius 2 is 2.21 bits per heavy atom. The number of carbonyl (C=O) groups excluding carboxylic acids is 1. The van der Waals surface area contributed by atoms with Crippen molar-refractivity contribution in [2.45, 2.75) is 31.2 Å². The van der Waals surface area contributed by atoms with E-state index >= 15 is 0 Å². The lowest BCUT2D eigenvalue weighted by atomic mass is 9.66. The first-order valence-corrected chi connectivity index (χ1v) is 5.12. The van der Waals surface area contributed by atoms with Gasteiger partial charge in [-0.05, 0) is 30.9 Å². The third kappa shape index (κ3) is 0.788. The van der Waals surface area contributed by atoms with E-state index in [9.17, 15) is 4.79 Å². The highest BCUT2D eigenvalue weighted by molar-refractivity contribution is 5.91. The molecule has 0 saturated carbocycles. The minimum absolute atomic E-state index is 0.201. The fraction of sp³-hybridized carbons (Fsp3) is 0.417. The van der Waals surface area contributed by atoms with Crippen molar-refractivity contribution in [3.05, 3.63) is 35.4 Å². The van der Waals surface area contributed by atoms with Crippen LogP contribution in [0.1, 0.15) is 36.9 Å². The van der Waals surface area contributed by atoms with E-state index in [1.165, 1.54) is 11.1 Å². The maximum atomic E-state index is 11.8. The molecular formula is C12H13NO. The van der Waals surface area contributed by atoms with E-state index in [0.717, 1.165) is 12.8 Å². The summed E-state index contributed by atoms with van der Waals surface area (Å²) in [4.78, 5) is 11.8. The molecule has 14 heavy (non-hydrogen) atoms. The number of amides is 1. The summed E-state index contributed by atoms with van der Waals surface area (Å²) >= 11 is 0. The molecule has 2 aliphatic heterocycles. The summed E-state index contributed by atoms with van der Waals surface area (Å²) < 4.78 is 0. The van der Waals surface area contributed by atoms with Crippen LogP contribution in [0.25, 0.3) is 0 Å². The van der Waals surface area contributed by atoms with Gasteiger partial charge in [0.2, 0.25) is 5.91 Å². The fourth-order valence-electron chi connectivity index (χ4n) is 2.73. The van der Waals surface area contributed by atoms with Gasteiger partial charge in [0.1, 0.15) is 0 Å². The molecule has 4 rings (SSSR count). The Kier molecular flexibility index (Phi) is 1.37. The molecule has 1 amide bonds. The molecule has 2 bridgehead atoms. The summed E-state index contributed by atoms with van der Waals surface area (Å²) in [5.74, 6) is 0.201. The van der Waals surface area contributed by atoms with Crippen molar-refractivity contribution in [1.82, 2.24) is 5.32 Å². The molecule has 3 aliphatic rings. The van der Waals surface area contributed by atoms with Gasteiger partial charge in [-0.15, -0.1) is 0 Å². The lowest BCUT2D eigenvalue weighted by molar-refractivity contribution is -0.130. The number of nitrogens with one attached hydrogen (secondary N) is 1. The SMILES string of the molecule is CC12CCC(NC1=O)c1ccccc12. The predicted octanol–water partition coefficient (Wildman–Crippen LogP) is 1.91. The van der Waals surface area contributed by atoms with E-state index in [2.05, 4.69) is 30.4 Å². The van der Waals surface area contributed by atoms with Gasteiger partial charge < -0.3 is 5.32 Å². The van der Waals surface area contributed by atoms with Crippen LogP contribution < -0.4 is 5.32 Å². The van der Waals surface area contributed by atoms with Crippen LogP contribution in [0.15, 0.2) is 24.3 Å². The Labute approximate surface area is 83.3 Å². The van der Waals surface area contributed by atoms with Gasteiger partial charge >= 0.3 is 0 Å². The van der Waals surface area contributed by atoms with Crippen molar-refractivity contribution in [1.29, 1.82) is 0 Å². The smallest absolute Gasteiger partial charge is 0.230 e. The van der Waals surface area contributed by atoms with Gasteiger partial charge in [0.15, 0.2) is 0 Å². The third-order valence-electron chi connectivity index (χ3n) is 3.67. The molecule has 1 saturated heterocycles. The van der Waals surface area contributed by atoms with Gasteiger partial charge in [-0.1, -0.05) is 24.3 Å². The van der Waals surface area contributed by atoms with Crippen molar-refractivity contribution < 1.29 is 4.79 Å². The number of benzene rings is 1. The lowest BCUT2D eigenvalue weighted by Crippen LogP contribution is -2.53. The van der Waals surface area contributed by atoms with Crippen molar-refractivity contribution in [2.24, 2.45) is 0 Å². The molecule has 2 heteroatoms. The molecule has 1 fully saturated rings. The molecule has 1 aromatic rings. The van der Waals surface area contributed by atoms with Gasteiger partial charge in [0.05, 0.1) is 11.5 Å². The minimum Gasteiger partial charge on any atom is -0.349 e. The zero-order valence-electron chi connectivity index (χ0n) is 8.21. The molecule has 72 valence electrons. The molecule has 2 heterocycles. The van der Waals surface area contributed by atoms with Gasteiger partial charge in [0, 0.05) is 0 Å². The summed E-state index contributed by atoms with van der Waals surface area (Å²) in [6, 6.07) is 8.57. The van der Waals surface area contributed by atoms with Crippen LogP contribution in [0.2, 0.25) is 0 Å². The molecular weight excluding hydrogens is 174 g/mol. The second-order valence-corrected chi connectivity index (χ2v) is 4.48. The van der Waals surface area contributed by atoms with Crippen molar-refractivity contribution in [2.75, 3.05) is 0 Å². The van der Waals surface area contributed by atoms with Crippen LogP contribution in [-0.2, 0) is 10.2 Å². The largest absolute Gasteiger partial charge is 0.349 e. The summed E-state index contributed by atoms with van der Waals surface area (Å²) in [5.41, 5.74) is 2.28. The van der Waals surface area contributed by atoms with Crippen LogP contribution in [0, 0.1) is 0 Å². The lowest BCUT2D eigenvalue weighted by Gasteiger charge is -2.45. The quantitative estimate of drug-likeness (QED) is 0.660. The Morgan fingerprint density at radius 1 is 1.43 bits per heavy atom. The Balaban J connectivity index is 2.28. The average Bonchev–Trinajstić information content (AvgIpc) is 2.22. The molecule has 0 spiro atoms. The van der Waals surface area contributed by atoms with Crippen LogP contribution in [-0.4, -0.2) is 5.91 Å². The molecule has 1 N–H and O–H groups in total. The monoisotopic (exact) mass is 187 g/mol. The molecule has 2 atom stereocenters. The van der Waals surface area contributed by atoms with Crippen LogP contribution >= 0.6 is 0 Å². The normalized spacial score (nSPS) is 33.8. The van der Waals surface area contributed by atoms with E-state index in [1.54, 1.807) is 0 Å². The summed E-state index contributed by atoms with van der Waals surface area (Å²) in [6.45, 7) is 2.05. The van der Waals surface area contributed by atoms with E-state index in [4.69, 9.17) is 0 Å². The van der Waals surface area contributed by atoms with Crippen molar-refractivity contribution in [3.63, 3.8) is 0 Å². The topological polar surface area (TPSA) is 29.1 Å². The second-order valence-electron chi connectivity index (χ2n) is 4.48. The van der Waals surface area contributed by atoms with Crippen molar-refractivity contribution >= 4 is 5.91 Å². The number of hydrogen-bond donors (Lipinski definition) is 1. The van der Waals surface area contributed by atoms with Gasteiger partial charge in [-0.25, -0.2) is 0 Å². The summed E-state index contributed by atoms with van der Waals surface area (Å²) in [7, 11) is 0. The predicted molar refractivity (Wildman–Crippen MR) is 53.9 cm³/mol. The van der Waals surface area contributed by atoms with E-state index in [0.29, 0.717) is 0 Å². The Morgan fingerprint density at radius 3 is 3.00 bits per heavy atom. The number of piperidine rings is 1. The van der Waals surface area contributed by atoms with E-state index in [1.807, 2.05) is 6.07 Å². The first-order valence-electron chi connectivity index (χ1n) is 5.12. The van der Waals surface area contributed by atoms with Gasteiger partial charge in [-0.3, -0.25) is 4.79 Å². The average molecular weight is 187 g/mol. The van der Waals surface area contributed by atoms with Crippen LogP contribution in [0.5, 0.6) is 0 Å². The second kappa shape index (κ2) is 2.38. The number of fused-ring (bicyclic) bond motifs is 2. The van der Waals surface area contributed by atoms with Gasteiger partial charge in [-0.2, -0.15) is 0 Å². The fourth-order valence-corrected chi connectivity index (χ4v) is 2.73. The standard InChI is InChI=1S/C12H13NO/c1-12-7-6-10(13-11(12)14)8-4-2-3-5-9(8)12/h2-5,10H,6-7H2,1H3,(H,13,14). The Hall–Kier alpha value is -1.31. The molecule has 0 aromatic heterocycles. The summed E-state index contributed by atoms with van der Waals surface area (Å²) in [5, 5.41) is 3.07. The zero-order valence-corrected chi connectivity index (χ0v) is 8.21. The highest BCUT2D eigenvalue weighted by atomic mass is 16.2. The molecule has 2 nitrogen and oxygen atoms in total. The molecule has 1 aromatic carbocycles. The maximum absolute atomic E-state index is 11.8. The van der Waals surface area contributed by atoms with E-state index < -0.39 is 0 Å². The number of hydrogen-bond acceptors (Lipinski definition) is 1. The zero-order chi connectivity index (χ0) is 9.76. The first kappa shape index (κ1) is 8.04. The molecule has 0 radical (unpaired) electrons. The third-order valence-corrected chi connectivity index (χ3v) is 3.67. The van der Waals surface area contributed by atoms with E-state index in [-0.39, 0.29) is 17.4 Å². The van der Waals surface area contributed by atoms with Crippen molar-refractivity contribution in [3.8, 4) is 0 Å². The number of rotatable bonds is 0. The Bertz CT molecular complexity index is 413. The summed E-state index contributed by atoms with van der Waals surface area (Å²) in [6.07, 6.45) is 2.07. The van der Waals surface area contributed by atoms with Gasteiger partial charge in [0.25, 0.3) is 0 Å². The maximum Gasteiger partial charge on any atom is 0.230 e. The van der Waals surface area contributed by atoms with Crippen LogP contribution in [0.3, 0.4) is 0 Å². The number of carbonyl (C=O) groups is 1. The highest BCUT2D eigenvalue weighted by Crippen LogP contribution is 2.46. The molecule has 2 unspecified atom stereocenters. The van der Waals surface area contributed by atoms with Crippen LogP contribution in [0.4, 0.5) is 0 Å². The highest BCUT2D eigenvalue weighted by Gasteiger charge is 2.47. The first-order chi connectivity index (χ1) is 6.72.